The Morgan fingerprint density at radius 1 is 1.21 bits per heavy atom. The van der Waals surface area contributed by atoms with Crippen LogP contribution >= 0.6 is 0 Å². The molecule has 0 aromatic rings. The Bertz CT molecular complexity index is 402. The van der Waals surface area contributed by atoms with Crippen molar-refractivity contribution in [1.29, 1.82) is 0 Å². The number of piperidine rings is 1. The lowest BCUT2D eigenvalue weighted by atomic mass is 9.72. The molecule has 0 bridgehead atoms. The van der Waals surface area contributed by atoms with Gasteiger partial charge in [-0.15, -0.1) is 0 Å². The zero-order valence-electron chi connectivity index (χ0n) is 15.1. The van der Waals surface area contributed by atoms with E-state index in [0.717, 1.165) is 65.4 Å². The second kappa shape index (κ2) is 8.50. The van der Waals surface area contributed by atoms with E-state index >= 15 is 0 Å². The number of ether oxygens (including phenoxy) is 2. The average molecular weight is 339 g/mol. The van der Waals surface area contributed by atoms with Crippen molar-refractivity contribution < 1.29 is 14.3 Å². The average Bonchev–Trinajstić information content (AvgIpc) is 3.06. The van der Waals surface area contributed by atoms with Gasteiger partial charge in [-0.3, -0.25) is 4.90 Å². The normalized spacial score (nSPS) is 27.5. The van der Waals surface area contributed by atoms with Gasteiger partial charge in [-0.05, 0) is 50.5 Å². The smallest absolute Gasteiger partial charge is 0.317 e. The van der Waals surface area contributed by atoms with Crippen LogP contribution in [0.15, 0.2) is 0 Å². The third kappa shape index (κ3) is 4.41. The molecule has 3 saturated heterocycles. The Labute approximate surface area is 145 Å². The molecule has 1 N–H and O–H groups in total. The van der Waals surface area contributed by atoms with Crippen LogP contribution in [0.3, 0.4) is 0 Å². The number of rotatable bonds is 5. The molecule has 1 spiro atoms. The van der Waals surface area contributed by atoms with Crippen LogP contribution in [0.5, 0.6) is 0 Å². The van der Waals surface area contributed by atoms with Crippen molar-refractivity contribution in [3.8, 4) is 0 Å². The molecular weight excluding hydrogens is 306 g/mol. The van der Waals surface area contributed by atoms with Crippen molar-refractivity contribution >= 4 is 6.03 Å². The van der Waals surface area contributed by atoms with Crippen LogP contribution in [-0.2, 0) is 9.47 Å². The number of nitrogens with one attached hydrogen (secondary N) is 1. The molecule has 3 fully saturated rings. The fourth-order valence-electron chi connectivity index (χ4n) is 4.43. The van der Waals surface area contributed by atoms with E-state index in [9.17, 15) is 4.79 Å². The summed E-state index contributed by atoms with van der Waals surface area (Å²) >= 11 is 0. The molecule has 0 saturated carbocycles. The fourth-order valence-corrected chi connectivity index (χ4v) is 4.43. The van der Waals surface area contributed by atoms with Crippen LogP contribution in [-0.4, -0.2) is 81.5 Å². The van der Waals surface area contributed by atoms with Crippen LogP contribution < -0.4 is 5.32 Å². The molecule has 6 nitrogen and oxygen atoms in total. The summed E-state index contributed by atoms with van der Waals surface area (Å²) in [6, 6.07) is 0.589. The van der Waals surface area contributed by atoms with E-state index in [1.54, 1.807) is 7.11 Å². The summed E-state index contributed by atoms with van der Waals surface area (Å²) in [5.74, 6) is 0. The van der Waals surface area contributed by atoms with Crippen molar-refractivity contribution in [2.75, 3.05) is 59.7 Å². The first-order chi connectivity index (χ1) is 11.7. The highest BCUT2D eigenvalue weighted by Gasteiger charge is 2.37. The lowest BCUT2D eigenvalue weighted by molar-refractivity contribution is -0.0145. The molecule has 3 aliphatic heterocycles. The minimum Gasteiger partial charge on any atom is -0.383 e. The van der Waals surface area contributed by atoms with Gasteiger partial charge in [0, 0.05) is 52.5 Å². The summed E-state index contributed by atoms with van der Waals surface area (Å²) in [5.41, 5.74) is 0.442. The van der Waals surface area contributed by atoms with Gasteiger partial charge in [0.15, 0.2) is 0 Å². The number of hydrogen-bond donors (Lipinski definition) is 1. The second-order valence-corrected chi connectivity index (χ2v) is 7.61. The van der Waals surface area contributed by atoms with Crippen LogP contribution in [0.1, 0.15) is 38.5 Å². The first-order valence-electron chi connectivity index (χ1n) is 9.56. The Balaban J connectivity index is 1.39. The molecule has 3 rings (SSSR count). The molecule has 3 heterocycles. The van der Waals surface area contributed by atoms with Crippen LogP contribution in [0, 0.1) is 5.41 Å². The maximum atomic E-state index is 12.5. The van der Waals surface area contributed by atoms with E-state index in [1.165, 1.54) is 25.7 Å². The Kier molecular flexibility index (Phi) is 6.36. The van der Waals surface area contributed by atoms with Crippen molar-refractivity contribution in [3.63, 3.8) is 0 Å². The Hall–Kier alpha value is -0.850. The Morgan fingerprint density at radius 3 is 2.67 bits per heavy atom. The molecule has 0 aromatic carbocycles. The van der Waals surface area contributed by atoms with Crippen molar-refractivity contribution in [3.05, 3.63) is 0 Å². The van der Waals surface area contributed by atoms with Gasteiger partial charge in [0.25, 0.3) is 0 Å². The number of methoxy groups -OCH3 is 1. The first kappa shape index (κ1) is 18.0. The van der Waals surface area contributed by atoms with E-state index in [4.69, 9.17) is 9.47 Å². The minimum atomic E-state index is 0.121. The molecule has 6 heteroatoms. The molecule has 1 atom stereocenters. The summed E-state index contributed by atoms with van der Waals surface area (Å²) in [7, 11) is 1.74. The number of urea groups is 1. The highest BCUT2D eigenvalue weighted by Crippen LogP contribution is 2.40. The lowest BCUT2D eigenvalue weighted by Gasteiger charge is -2.44. The van der Waals surface area contributed by atoms with Gasteiger partial charge in [0.1, 0.15) is 0 Å². The summed E-state index contributed by atoms with van der Waals surface area (Å²) < 4.78 is 10.7. The highest BCUT2D eigenvalue weighted by atomic mass is 16.5. The van der Waals surface area contributed by atoms with Crippen molar-refractivity contribution in [2.24, 2.45) is 5.41 Å². The summed E-state index contributed by atoms with van der Waals surface area (Å²) in [6.45, 7) is 7.19. The molecule has 0 aliphatic carbocycles. The number of amides is 2. The number of likely N-dealkylation sites (tertiary alicyclic amines) is 2. The van der Waals surface area contributed by atoms with E-state index in [0.29, 0.717) is 11.5 Å². The topological polar surface area (TPSA) is 54.0 Å². The highest BCUT2D eigenvalue weighted by molar-refractivity contribution is 5.74. The van der Waals surface area contributed by atoms with Gasteiger partial charge >= 0.3 is 6.03 Å². The molecule has 0 radical (unpaired) electrons. The standard InChI is InChI=1S/C18H33N3O3/c1-23-14-11-20-8-2-3-16(20)15-19-17(22)21-9-4-18(5-10-21)6-12-24-13-7-18/h16H,2-15H2,1H3,(H,19,22)/t16-/m1/s1. The fraction of sp³-hybridized carbons (Fsp3) is 0.944. The molecular formula is C18H33N3O3. The monoisotopic (exact) mass is 339 g/mol. The van der Waals surface area contributed by atoms with Gasteiger partial charge in [0.2, 0.25) is 0 Å². The minimum absolute atomic E-state index is 0.121. The van der Waals surface area contributed by atoms with Gasteiger partial charge in [-0.1, -0.05) is 0 Å². The summed E-state index contributed by atoms with van der Waals surface area (Å²) in [4.78, 5) is 16.9. The summed E-state index contributed by atoms with van der Waals surface area (Å²) in [6.07, 6.45) is 6.99. The zero-order valence-corrected chi connectivity index (χ0v) is 15.1. The number of carbonyl (C=O) groups is 1. The van der Waals surface area contributed by atoms with E-state index in [-0.39, 0.29) is 6.03 Å². The molecule has 3 aliphatic rings. The van der Waals surface area contributed by atoms with E-state index < -0.39 is 0 Å². The number of nitrogens with zero attached hydrogens (tertiary/aromatic N) is 2. The molecule has 0 unspecified atom stereocenters. The van der Waals surface area contributed by atoms with E-state index in [1.807, 2.05) is 4.90 Å². The largest absolute Gasteiger partial charge is 0.383 e. The van der Waals surface area contributed by atoms with Crippen molar-refractivity contribution in [1.82, 2.24) is 15.1 Å². The zero-order chi connectivity index (χ0) is 16.8. The summed E-state index contributed by atoms with van der Waals surface area (Å²) in [5, 5.41) is 3.17. The molecule has 138 valence electrons. The van der Waals surface area contributed by atoms with E-state index in [2.05, 4.69) is 10.2 Å². The maximum absolute atomic E-state index is 12.5. The molecule has 24 heavy (non-hydrogen) atoms. The maximum Gasteiger partial charge on any atom is 0.317 e. The van der Waals surface area contributed by atoms with Gasteiger partial charge in [0.05, 0.1) is 6.61 Å². The molecule has 2 amide bonds. The van der Waals surface area contributed by atoms with Gasteiger partial charge in [-0.2, -0.15) is 0 Å². The number of carbonyl (C=O) groups excluding carboxylic acids is 1. The lowest BCUT2D eigenvalue weighted by Crippen LogP contribution is -2.50. The van der Waals surface area contributed by atoms with Crippen LogP contribution in [0.4, 0.5) is 4.79 Å². The van der Waals surface area contributed by atoms with Gasteiger partial charge in [-0.25, -0.2) is 4.79 Å². The Morgan fingerprint density at radius 2 is 1.96 bits per heavy atom. The predicted molar refractivity (Wildman–Crippen MR) is 93.2 cm³/mol. The first-order valence-corrected chi connectivity index (χ1v) is 9.56. The van der Waals surface area contributed by atoms with Gasteiger partial charge < -0.3 is 19.7 Å². The third-order valence-electron chi connectivity index (χ3n) is 6.24. The molecule has 0 aromatic heterocycles. The van der Waals surface area contributed by atoms with Crippen molar-refractivity contribution in [2.45, 2.75) is 44.6 Å². The quantitative estimate of drug-likeness (QED) is 0.828. The van der Waals surface area contributed by atoms with Crippen LogP contribution in [0.25, 0.3) is 0 Å². The predicted octanol–water partition coefficient (Wildman–Crippen LogP) is 1.70. The third-order valence-corrected chi connectivity index (χ3v) is 6.24. The number of hydrogen-bond acceptors (Lipinski definition) is 4. The van der Waals surface area contributed by atoms with Crippen LogP contribution in [0.2, 0.25) is 0 Å². The second-order valence-electron chi connectivity index (χ2n) is 7.61. The SMILES string of the molecule is COCCN1CCC[C@@H]1CNC(=O)N1CCC2(CCOCC2)CC1.